The van der Waals surface area contributed by atoms with Crippen LogP contribution < -0.4 is 5.32 Å². The molecule has 0 bridgehead atoms. The lowest BCUT2D eigenvalue weighted by atomic mass is 9.76. The Bertz CT molecular complexity index is 2100. The molecule has 1 spiro atoms. The van der Waals surface area contributed by atoms with Gasteiger partial charge in [-0.15, -0.1) is 0 Å². The summed E-state index contributed by atoms with van der Waals surface area (Å²) in [5, 5.41) is 8.93. The van der Waals surface area contributed by atoms with Gasteiger partial charge >= 0.3 is 0 Å². The molecule has 0 amide bonds. The average Bonchev–Trinajstić information content (AvgIpc) is 3.82. The van der Waals surface area contributed by atoms with Crippen molar-refractivity contribution in [3.05, 3.63) is 139 Å². The van der Waals surface area contributed by atoms with Gasteiger partial charge in [0.15, 0.2) is 0 Å². The Morgan fingerprint density at radius 2 is 0.958 bits per heavy atom. The van der Waals surface area contributed by atoms with Gasteiger partial charge in [-0.05, 0) is 66.6 Å². The number of allylic oxidation sites excluding steroid dienone is 3. The summed E-state index contributed by atoms with van der Waals surface area (Å²) in [5.41, 5.74) is 9.93. The van der Waals surface area contributed by atoms with Gasteiger partial charge in [0, 0.05) is 50.6 Å². The summed E-state index contributed by atoms with van der Waals surface area (Å²) in [5.74, 6) is 0. The van der Waals surface area contributed by atoms with Crippen LogP contribution in [-0.2, 0) is 5.41 Å². The summed E-state index contributed by atoms with van der Waals surface area (Å²) in [6, 6.07) is 42.0. The number of rotatable bonds is 2. The monoisotopic (exact) mass is 633 g/mol. The Morgan fingerprint density at radius 1 is 0.521 bits per heavy atom. The molecule has 9 rings (SSSR count). The van der Waals surface area contributed by atoms with Crippen molar-refractivity contribution in [2.24, 2.45) is 0 Å². The maximum atomic E-state index is 3.75. The molecule has 7 aromatic rings. The Morgan fingerprint density at radius 3 is 1.44 bits per heavy atom. The quantitative estimate of drug-likeness (QED) is 0.201. The molecule has 48 heavy (non-hydrogen) atoms. The highest BCUT2D eigenvalue weighted by Gasteiger charge is 2.38. The Kier molecular flexibility index (Phi) is 10.9. The minimum absolute atomic E-state index is 0.110. The van der Waals surface area contributed by atoms with Crippen molar-refractivity contribution in [2.75, 3.05) is 11.9 Å². The molecule has 2 aromatic heterocycles. The van der Waals surface area contributed by atoms with E-state index in [-0.39, 0.29) is 5.41 Å². The molecule has 246 valence electrons. The fraction of sp³-hybridized carbons (Fsp3) is 0.244. The lowest BCUT2D eigenvalue weighted by Crippen LogP contribution is -2.28. The van der Waals surface area contributed by atoms with Crippen LogP contribution in [0, 0.1) is 0 Å². The highest BCUT2D eigenvalue weighted by molar-refractivity contribution is 6.11. The molecule has 1 aliphatic heterocycles. The molecule has 2 aliphatic rings. The molecule has 1 aliphatic carbocycles. The summed E-state index contributed by atoms with van der Waals surface area (Å²) in [6.45, 7) is 16.9. The first-order chi connectivity index (χ1) is 23.8. The van der Waals surface area contributed by atoms with E-state index in [1.165, 1.54) is 66.2 Å². The molecule has 3 heterocycles. The molecule has 5 aromatic carbocycles. The number of anilines is 1. The van der Waals surface area contributed by atoms with E-state index < -0.39 is 0 Å². The zero-order valence-corrected chi connectivity index (χ0v) is 30.0. The second-order valence-corrected chi connectivity index (χ2v) is 11.2. The van der Waals surface area contributed by atoms with Crippen LogP contribution in [0.25, 0.3) is 55.0 Å². The summed E-state index contributed by atoms with van der Waals surface area (Å²) < 4.78 is 4.87. The molecule has 0 saturated carbocycles. The van der Waals surface area contributed by atoms with Gasteiger partial charge < -0.3 is 14.5 Å². The van der Waals surface area contributed by atoms with Gasteiger partial charge in [-0.25, -0.2) is 0 Å². The van der Waals surface area contributed by atoms with Crippen LogP contribution in [0.4, 0.5) is 5.69 Å². The summed E-state index contributed by atoms with van der Waals surface area (Å²) >= 11 is 0. The number of fused-ring (bicyclic) bond motifs is 8. The zero-order valence-electron chi connectivity index (χ0n) is 30.0. The molecular formula is C45H51N3. The van der Waals surface area contributed by atoms with E-state index in [2.05, 4.69) is 148 Å². The highest BCUT2D eigenvalue weighted by atomic mass is 15.0. The standard InChI is InChI=1S/C37H27N3.4C2H6/c1-5-15-33-27(11-1)28-12-2-6-16-34(28)39(33)25-19-20-32-31(22-25)37(24-38-32)21-9-10-26(23-37)40-35-17-7-3-13-29(35)30-14-4-8-18-36(30)40;4*1-2/h1-20,22-23,38H,21,24H2;4*1-2H3. The van der Waals surface area contributed by atoms with Gasteiger partial charge in [0.2, 0.25) is 0 Å². The van der Waals surface area contributed by atoms with E-state index in [1.807, 2.05) is 55.4 Å². The molecule has 3 nitrogen and oxygen atoms in total. The Labute approximate surface area is 287 Å². The predicted octanol–water partition coefficient (Wildman–Crippen LogP) is 13.2. The number of hydrogen-bond acceptors (Lipinski definition) is 1. The third kappa shape index (κ3) is 5.62. The van der Waals surface area contributed by atoms with E-state index in [0.717, 1.165) is 13.0 Å². The number of hydrogen-bond donors (Lipinski definition) is 1. The number of benzene rings is 5. The van der Waals surface area contributed by atoms with E-state index in [4.69, 9.17) is 0 Å². The van der Waals surface area contributed by atoms with Crippen molar-refractivity contribution in [2.45, 2.75) is 67.2 Å². The van der Waals surface area contributed by atoms with Crippen LogP contribution in [-0.4, -0.2) is 15.7 Å². The van der Waals surface area contributed by atoms with Crippen LogP contribution in [0.2, 0.25) is 0 Å². The first-order valence-corrected chi connectivity index (χ1v) is 18.1. The van der Waals surface area contributed by atoms with Gasteiger partial charge in [0.25, 0.3) is 0 Å². The molecule has 0 saturated heterocycles. The zero-order chi connectivity index (χ0) is 34.3. The second-order valence-electron chi connectivity index (χ2n) is 11.2. The maximum absolute atomic E-state index is 3.75. The minimum Gasteiger partial charge on any atom is -0.384 e. The van der Waals surface area contributed by atoms with Gasteiger partial charge in [-0.1, -0.05) is 134 Å². The fourth-order valence-electron chi connectivity index (χ4n) is 7.22. The van der Waals surface area contributed by atoms with Crippen LogP contribution in [0.5, 0.6) is 0 Å². The van der Waals surface area contributed by atoms with E-state index in [9.17, 15) is 0 Å². The van der Waals surface area contributed by atoms with Crippen molar-refractivity contribution < 1.29 is 0 Å². The highest BCUT2D eigenvalue weighted by Crippen LogP contribution is 2.46. The Balaban J connectivity index is 0.000000528. The average molecular weight is 634 g/mol. The summed E-state index contributed by atoms with van der Waals surface area (Å²) in [4.78, 5) is 0. The normalized spacial score (nSPS) is 15.6. The number of para-hydroxylation sites is 4. The number of nitrogens with one attached hydrogen (secondary N) is 1. The molecule has 3 heteroatoms. The van der Waals surface area contributed by atoms with E-state index in [0.29, 0.717) is 0 Å². The minimum atomic E-state index is -0.110. The number of nitrogens with zero attached hydrogens (tertiary/aromatic N) is 2. The van der Waals surface area contributed by atoms with E-state index >= 15 is 0 Å². The van der Waals surface area contributed by atoms with Crippen molar-refractivity contribution in [1.29, 1.82) is 0 Å². The molecule has 0 fully saturated rings. The van der Waals surface area contributed by atoms with Crippen LogP contribution in [0.15, 0.2) is 133 Å². The molecule has 1 atom stereocenters. The van der Waals surface area contributed by atoms with Crippen molar-refractivity contribution in [3.63, 3.8) is 0 Å². The van der Waals surface area contributed by atoms with Gasteiger partial charge in [-0.3, -0.25) is 0 Å². The predicted molar refractivity (Wildman–Crippen MR) is 214 cm³/mol. The maximum Gasteiger partial charge on any atom is 0.0541 e. The van der Waals surface area contributed by atoms with Crippen molar-refractivity contribution in [3.8, 4) is 5.69 Å². The largest absolute Gasteiger partial charge is 0.384 e. The van der Waals surface area contributed by atoms with Gasteiger partial charge in [0.1, 0.15) is 0 Å². The molecular weight excluding hydrogens is 583 g/mol. The topological polar surface area (TPSA) is 21.9 Å². The second kappa shape index (κ2) is 15.3. The fourth-order valence-corrected chi connectivity index (χ4v) is 7.22. The third-order valence-electron chi connectivity index (χ3n) is 9.01. The van der Waals surface area contributed by atoms with Gasteiger partial charge in [-0.2, -0.15) is 0 Å². The molecule has 0 radical (unpaired) electrons. The third-order valence-corrected chi connectivity index (χ3v) is 9.01. The summed E-state index contributed by atoms with van der Waals surface area (Å²) in [7, 11) is 0. The lowest BCUT2D eigenvalue weighted by Gasteiger charge is -2.29. The Hall–Kier alpha value is -5.02. The number of aromatic nitrogens is 2. The summed E-state index contributed by atoms with van der Waals surface area (Å²) in [6.07, 6.45) is 8.16. The van der Waals surface area contributed by atoms with Crippen molar-refractivity contribution >= 4 is 55.0 Å². The SMILES string of the molecule is C1=CC(n2c3ccccc3c3ccccc32)=CC2(C1)CNc1ccc(-n3c4ccccc4c4ccccc43)cc12.CC.CC.CC.CC. The van der Waals surface area contributed by atoms with E-state index in [1.54, 1.807) is 0 Å². The van der Waals surface area contributed by atoms with Crippen LogP contribution in [0.3, 0.4) is 0 Å². The lowest BCUT2D eigenvalue weighted by molar-refractivity contribution is 0.595. The van der Waals surface area contributed by atoms with Crippen LogP contribution >= 0.6 is 0 Å². The van der Waals surface area contributed by atoms with Crippen molar-refractivity contribution in [1.82, 2.24) is 9.13 Å². The first kappa shape index (κ1) is 34.3. The van der Waals surface area contributed by atoms with Gasteiger partial charge in [0.05, 0.1) is 22.1 Å². The molecule has 1 unspecified atom stereocenters. The smallest absolute Gasteiger partial charge is 0.0541 e. The van der Waals surface area contributed by atoms with Crippen LogP contribution in [0.1, 0.15) is 67.4 Å². The first-order valence-electron chi connectivity index (χ1n) is 18.1. The molecule has 1 N–H and O–H groups in total.